The van der Waals surface area contributed by atoms with Crippen molar-refractivity contribution in [1.82, 2.24) is 4.48 Å². The van der Waals surface area contributed by atoms with Gasteiger partial charge in [-0.25, -0.2) is 0 Å². The van der Waals surface area contributed by atoms with E-state index < -0.39 is 15.2 Å². The zero-order valence-electron chi connectivity index (χ0n) is 13.0. The lowest BCUT2D eigenvalue weighted by atomic mass is 9.61. The molecule has 1 heterocycles. The highest BCUT2D eigenvalue weighted by molar-refractivity contribution is 7.71. The molecule has 1 fully saturated rings. The summed E-state index contributed by atoms with van der Waals surface area (Å²) in [5.74, 6) is 0. The van der Waals surface area contributed by atoms with Gasteiger partial charge in [0.2, 0.25) is 6.44 Å². The van der Waals surface area contributed by atoms with Crippen LogP contribution in [-0.4, -0.2) is 31.7 Å². The van der Waals surface area contributed by atoms with Crippen molar-refractivity contribution in [2.24, 2.45) is 0 Å². The number of hydrogen-bond acceptors (Lipinski definition) is 1. The summed E-state index contributed by atoms with van der Waals surface area (Å²) in [5.41, 5.74) is 0.343. The van der Waals surface area contributed by atoms with Gasteiger partial charge in [0.25, 0.3) is 0 Å². The Morgan fingerprint density at radius 1 is 0.812 bits per heavy atom. The van der Waals surface area contributed by atoms with E-state index in [1.165, 1.54) is 0 Å². The van der Waals surface area contributed by atoms with Gasteiger partial charge in [-0.3, -0.25) is 0 Å². The van der Waals surface area contributed by atoms with Crippen molar-refractivity contribution >= 4 is 21.7 Å². The predicted molar refractivity (Wildman–Crippen MR) is 82.0 cm³/mol. The first-order valence-electron chi connectivity index (χ1n) is 6.53. The summed E-state index contributed by atoms with van der Waals surface area (Å²) in [5, 5.41) is 0.436. The van der Waals surface area contributed by atoms with Gasteiger partial charge in [0.15, 0.2) is 0 Å². The smallest absolute Gasteiger partial charge is 0.210 e. The van der Waals surface area contributed by atoms with E-state index in [2.05, 4.69) is 72.2 Å². The monoisotopic (exact) mass is 255 g/mol. The van der Waals surface area contributed by atoms with Crippen LogP contribution < -0.4 is 0 Å². The van der Waals surface area contributed by atoms with Gasteiger partial charge in [-0.1, -0.05) is 47.0 Å². The topological polar surface area (TPSA) is 3.24 Å². The summed E-state index contributed by atoms with van der Waals surface area (Å²) in [4.78, 5) is 0. The van der Waals surface area contributed by atoms with Gasteiger partial charge in [-0.05, 0) is 31.6 Å². The molecule has 0 aliphatic carbocycles. The zero-order chi connectivity index (χ0) is 13.2. The largest absolute Gasteiger partial charge is 0.364 e. The van der Waals surface area contributed by atoms with E-state index in [0.717, 1.165) is 6.44 Å². The quantitative estimate of drug-likeness (QED) is 0.592. The molecule has 1 nitrogen and oxygen atoms in total. The maximum Gasteiger partial charge on any atom is 0.210 e. The molecular formula is C12H30BNSi2. The standard InChI is InChI=1S/C12H30BNSi2/c1-11(2,3)13-14(12(4,5)6)16(9,10)15(13,7)8/h1-10H3. The van der Waals surface area contributed by atoms with Gasteiger partial charge in [-0.15, -0.1) is 0 Å². The van der Waals surface area contributed by atoms with E-state index in [1.807, 2.05) is 0 Å². The molecule has 0 spiro atoms. The summed E-state index contributed by atoms with van der Waals surface area (Å²) in [6.07, 6.45) is 0.849. The molecule has 0 saturated carbocycles. The lowest BCUT2D eigenvalue weighted by molar-refractivity contribution is 0.344. The molecule has 0 aromatic heterocycles. The van der Waals surface area contributed by atoms with Gasteiger partial charge in [0.05, 0.1) is 15.2 Å². The SMILES string of the molecule is CC(C)(C)B1N(C(C)(C)C)[Si](C)(C)[Si]1(C)C. The highest BCUT2D eigenvalue weighted by Gasteiger charge is 2.70. The molecule has 1 aliphatic rings. The van der Waals surface area contributed by atoms with Crippen LogP contribution in [0.25, 0.3) is 0 Å². The van der Waals surface area contributed by atoms with Crippen LogP contribution in [0, 0.1) is 0 Å². The molecule has 0 unspecified atom stereocenters. The Balaban J connectivity index is 3.18. The molecular weight excluding hydrogens is 225 g/mol. The fourth-order valence-corrected chi connectivity index (χ4v) is 19.1. The van der Waals surface area contributed by atoms with Gasteiger partial charge in [0, 0.05) is 0 Å². The Hall–Kier alpha value is 0.459. The van der Waals surface area contributed by atoms with Crippen molar-refractivity contribution in [1.29, 1.82) is 0 Å². The van der Waals surface area contributed by atoms with Crippen LogP contribution in [0.5, 0.6) is 0 Å². The Morgan fingerprint density at radius 3 is 1.38 bits per heavy atom. The lowest BCUT2D eigenvalue weighted by Gasteiger charge is -2.71. The van der Waals surface area contributed by atoms with Crippen molar-refractivity contribution in [3.63, 3.8) is 0 Å². The molecule has 4 heteroatoms. The first kappa shape index (κ1) is 14.5. The fraction of sp³-hybridized carbons (Fsp3) is 1.00. The molecule has 0 amide bonds. The second-order valence-corrected chi connectivity index (χ2v) is 23.7. The van der Waals surface area contributed by atoms with Crippen molar-refractivity contribution in [3.05, 3.63) is 0 Å². The van der Waals surface area contributed by atoms with E-state index in [4.69, 9.17) is 0 Å². The highest BCUT2D eigenvalue weighted by Crippen LogP contribution is 2.51. The van der Waals surface area contributed by atoms with Crippen molar-refractivity contribution in [2.45, 2.75) is 78.6 Å². The van der Waals surface area contributed by atoms with Crippen molar-refractivity contribution in [3.8, 4) is 0 Å². The van der Waals surface area contributed by atoms with Gasteiger partial charge < -0.3 is 4.48 Å². The van der Waals surface area contributed by atoms with E-state index in [9.17, 15) is 0 Å². The average molecular weight is 255 g/mol. The average Bonchev–Trinajstić information content (AvgIpc) is 1.94. The highest BCUT2D eigenvalue weighted by atomic mass is 29.3. The summed E-state index contributed by atoms with van der Waals surface area (Å²) in [6.45, 7) is 24.9. The molecule has 0 aromatic rings. The van der Waals surface area contributed by atoms with Crippen LogP contribution in [-0.2, 0) is 0 Å². The zero-order valence-corrected chi connectivity index (χ0v) is 15.0. The van der Waals surface area contributed by atoms with E-state index >= 15 is 0 Å². The van der Waals surface area contributed by atoms with Crippen LogP contribution in [0.3, 0.4) is 0 Å². The fourth-order valence-electron chi connectivity index (χ4n) is 3.92. The number of rotatable bonds is 0. The summed E-state index contributed by atoms with van der Waals surface area (Å²) in [6, 6.07) is 0. The Morgan fingerprint density at radius 2 is 1.19 bits per heavy atom. The van der Waals surface area contributed by atoms with Crippen molar-refractivity contribution < 1.29 is 0 Å². The van der Waals surface area contributed by atoms with E-state index in [1.54, 1.807) is 0 Å². The molecule has 0 atom stereocenters. The second-order valence-electron chi connectivity index (χ2n) is 8.59. The first-order valence-corrected chi connectivity index (χ1v) is 13.6. The number of hydrogen-bond donors (Lipinski definition) is 0. The summed E-state index contributed by atoms with van der Waals surface area (Å²) in [7, 11) is -2.19. The molecule has 0 N–H and O–H groups in total. The van der Waals surface area contributed by atoms with Gasteiger partial charge >= 0.3 is 0 Å². The molecule has 0 radical (unpaired) electrons. The predicted octanol–water partition coefficient (Wildman–Crippen LogP) is 3.96. The maximum atomic E-state index is 2.91. The van der Waals surface area contributed by atoms with Crippen molar-refractivity contribution in [2.75, 3.05) is 0 Å². The van der Waals surface area contributed by atoms with Gasteiger partial charge in [0.1, 0.15) is 0 Å². The maximum absolute atomic E-state index is 2.91. The van der Waals surface area contributed by atoms with Crippen LogP contribution in [0.2, 0.25) is 31.5 Å². The summed E-state index contributed by atoms with van der Waals surface area (Å²) < 4.78 is 2.91. The molecule has 94 valence electrons. The van der Waals surface area contributed by atoms with Crippen LogP contribution in [0.1, 0.15) is 41.5 Å². The Bertz CT molecular complexity index is 256. The number of nitrogens with zero attached hydrogens (tertiary/aromatic N) is 1. The van der Waals surface area contributed by atoms with Crippen LogP contribution in [0.15, 0.2) is 0 Å². The molecule has 16 heavy (non-hydrogen) atoms. The Kier molecular flexibility index (Phi) is 3.16. The third-order valence-electron chi connectivity index (χ3n) is 4.66. The lowest BCUT2D eigenvalue weighted by Crippen LogP contribution is -2.94. The molecule has 1 saturated heterocycles. The second kappa shape index (κ2) is 3.48. The van der Waals surface area contributed by atoms with E-state index in [0.29, 0.717) is 10.9 Å². The minimum atomic E-state index is -1.14. The molecule has 1 aliphatic heterocycles. The third kappa shape index (κ3) is 1.87. The first-order chi connectivity index (χ1) is 6.74. The van der Waals surface area contributed by atoms with E-state index in [-0.39, 0.29) is 0 Å². The molecule has 0 bridgehead atoms. The van der Waals surface area contributed by atoms with Crippen LogP contribution in [0.4, 0.5) is 0 Å². The minimum Gasteiger partial charge on any atom is -0.364 e. The normalized spacial score (nSPS) is 25.5. The third-order valence-corrected chi connectivity index (χ3v) is 23.7. The summed E-state index contributed by atoms with van der Waals surface area (Å²) >= 11 is 0. The van der Waals surface area contributed by atoms with Gasteiger partial charge in [-0.2, -0.15) is 0 Å². The molecule has 0 aromatic carbocycles. The molecule has 1 rings (SSSR count). The Labute approximate surface area is 105 Å². The van der Waals surface area contributed by atoms with Crippen LogP contribution >= 0.6 is 0 Å². The minimum absolute atomic E-state index is 0.343.